The van der Waals surface area contributed by atoms with E-state index in [0.717, 1.165) is 0 Å². The topological polar surface area (TPSA) is 91.8 Å². The number of para-hydroxylation sites is 1. The third kappa shape index (κ3) is 3.25. The summed E-state index contributed by atoms with van der Waals surface area (Å²) in [4.78, 5) is 24.5. The summed E-state index contributed by atoms with van der Waals surface area (Å²) in [5, 5.41) is 9.33. The normalized spacial score (nSPS) is 14.3. The maximum absolute atomic E-state index is 13.1. The molecule has 0 saturated carbocycles. The third-order valence-corrected chi connectivity index (χ3v) is 5.92. The van der Waals surface area contributed by atoms with Crippen LogP contribution in [0.3, 0.4) is 0 Å². The highest BCUT2D eigenvalue weighted by molar-refractivity contribution is 7.93. The van der Waals surface area contributed by atoms with Gasteiger partial charge >= 0.3 is 5.97 Å². The summed E-state index contributed by atoms with van der Waals surface area (Å²) >= 11 is 0. The molecule has 0 bridgehead atoms. The zero-order chi connectivity index (χ0) is 18.7. The molecule has 3 rings (SSSR count). The van der Waals surface area contributed by atoms with Gasteiger partial charge in [0.2, 0.25) is 0 Å². The van der Waals surface area contributed by atoms with Crippen LogP contribution in [0.2, 0.25) is 0 Å². The third-order valence-electron chi connectivity index (χ3n) is 4.19. The van der Waals surface area contributed by atoms with Crippen molar-refractivity contribution in [1.29, 1.82) is 0 Å². The van der Waals surface area contributed by atoms with E-state index in [4.69, 9.17) is 0 Å². The lowest BCUT2D eigenvalue weighted by molar-refractivity contribution is -0.133. The summed E-state index contributed by atoms with van der Waals surface area (Å²) in [6.45, 7) is 0. The van der Waals surface area contributed by atoms with Gasteiger partial charge in [0.05, 0.1) is 10.6 Å². The van der Waals surface area contributed by atoms with Crippen LogP contribution in [-0.4, -0.2) is 25.4 Å². The fourth-order valence-corrected chi connectivity index (χ4v) is 4.40. The van der Waals surface area contributed by atoms with Gasteiger partial charge in [0, 0.05) is 11.1 Å². The Morgan fingerprint density at radius 1 is 0.846 bits per heavy atom. The number of sulfonamides is 1. The lowest BCUT2D eigenvalue weighted by atomic mass is 10.1. The van der Waals surface area contributed by atoms with Crippen LogP contribution in [-0.2, 0) is 19.6 Å². The van der Waals surface area contributed by atoms with Crippen molar-refractivity contribution in [3.05, 3.63) is 71.8 Å². The van der Waals surface area contributed by atoms with Crippen molar-refractivity contribution in [2.45, 2.75) is 24.2 Å². The summed E-state index contributed by atoms with van der Waals surface area (Å²) < 4.78 is 27.0. The zero-order valence-corrected chi connectivity index (χ0v) is 14.6. The number of rotatable bonds is 5. The van der Waals surface area contributed by atoms with Crippen molar-refractivity contribution < 1.29 is 23.1 Å². The van der Waals surface area contributed by atoms with Crippen LogP contribution in [0.15, 0.2) is 76.7 Å². The summed E-state index contributed by atoms with van der Waals surface area (Å²) in [7, 11) is -4.18. The number of carbonyl (C=O) groups is 2. The molecule has 134 valence electrons. The number of amides is 1. The Kier molecular flexibility index (Phi) is 4.90. The molecule has 0 saturated heterocycles. The molecule has 0 unspecified atom stereocenters. The number of hydrogen-bond donors (Lipinski definition) is 1. The van der Waals surface area contributed by atoms with E-state index in [-0.39, 0.29) is 34.6 Å². The van der Waals surface area contributed by atoms with Gasteiger partial charge in [-0.3, -0.25) is 4.79 Å². The maximum Gasteiger partial charge on any atom is 0.332 e. The minimum absolute atomic E-state index is 0.0146. The number of nitrogens with zero attached hydrogens (tertiary/aromatic N) is 1. The first-order valence-electron chi connectivity index (χ1n) is 8.08. The van der Waals surface area contributed by atoms with Gasteiger partial charge in [0.25, 0.3) is 15.9 Å². The first kappa shape index (κ1) is 17.9. The van der Waals surface area contributed by atoms with E-state index >= 15 is 0 Å². The number of anilines is 1. The van der Waals surface area contributed by atoms with E-state index in [2.05, 4.69) is 0 Å². The fourth-order valence-electron chi connectivity index (χ4n) is 2.96. The molecule has 0 atom stereocenters. The Labute approximate surface area is 151 Å². The SMILES string of the molecule is O=C(O)C1=C(C(=O)N(c2ccccc2)S(=O)(=O)c2ccccc2)CCC1. The molecule has 26 heavy (non-hydrogen) atoms. The minimum atomic E-state index is -4.18. The maximum atomic E-state index is 13.1. The summed E-state index contributed by atoms with van der Waals surface area (Å²) in [6.07, 6.45) is 1.01. The van der Waals surface area contributed by atoms with Crippen molar-refractivity contribution in [3.8, 4) is 0 Å². The van der Waals surface area contributed by atoms with E-state index in [9.17, 15) is 23.1 Å². The number of hydrogen-bond acceptors (Lipinski definition) is 4. The van der Waals surface area contributed by atoms with Crippen molar-refractivity contribution in [3.63, 3.8) is 0 Å². The van der Waals surface area contributed by atoms with Gasteiger partial charge in [-0.1, -0.05) is 36.4 Å². The second-order valence-corrected chi connectivity index (χ2v) is 7.63. The van der Waals surface area contributed by atoms with Crippen LogP contribution in [0, 0.1) is 0 Å². The van der Waals surface area contributed by atoms with Crippen molar-refractivity contribution in [2.75, 3.05) is 4.31 Å². The first-order chi connectivity index (χ1) is 12.4. The lowest BCUT2D eigenvalue weighted by Gasteiger charge is -2.23. The van der Waals surface area contributed by atoms with Gasteiger partial charge in [-0.15, -0.1) is 0 Å². The molecule has 7 heteroatoms. The average molecular weight is 371 g/mol. The van der Waals surface area contributed by atoms with Crippen molar-refractivity contribution in [2.24, 2.45) is 0 Å². The number of carbonyl (C=O) groups excluding carboxylic acids is 1. The van der Waals surface area contributed by atoms with Gasteiger partial charge in [-0.05, 0) is 43.5 Å². The van der Waals surface area contributed by atoms with Gasteiger partial charge in [0.1, 0.15) is 0 Å². The van der Waals surface area contributed by atoms with E-state index in [1.165, 1.54) is 24.3 Å². The molecule has 2 aromatic rings. The summed E-state index contributed by atoms with van der Waals surface area (Å²) in [6, 6.07) is 15.6. The van der Waals surface area contributed by atoms with Gasteiger partial charge in [0.15, 0.2) is 0 Å². The van der Waals surface area contributed by atoms with Crippen molar-refractivity contribution >= 4 is 27.6 Å². The second kappa shape index (κ2) is 7.13. The molecule has 1 aliphatic carbocycles. The standard InChI is InChI=1S/C19H17NO5S/c21-18(16-12-7-13-17(16)19(22)23)20(14-8-3-1-4-9-14)26(24,25)15-10-5-2-6-11-15/h1-6,8-11H,7,12-13H2,(H,22,23). The molecule has 0 fully saturated rings. The lowest BCUT2D eigenvalue weighted by Crippen LogP contribution is -2.38. The monoisotopic (exact) mass is 371 g/mol. The van der Waals surface area contributed by atoms with Gasteiger partial charge in [-0.25, -0.2) is 13.2 Å². The fraction of sp³-hybridized carbons (Fsp3) is 0.158. The quantitative estimate of drug-likeness (QED) is 0.872. The van der Waals surface area contributed by atoms with Crippen LogP contribution in [0.4, 0.5) is 5.69 Å². The number of benzene rings is 2. The highest BCUT2D eigenvalue weighted by Crippen LogP contribution is 2.32. The van der Waals surface area contributed by atoms with E-state index < -0.39 is 21.9 Å². The second-order valence-electron chi connectivity index (χ2n) is 5.84. The van der Waals surface area contributed by atoms with Crippen LogP contribution in [0.5, 0.6) is 0 Å². The molecule has 0 heterocycles. The van der Waals surface area contributed by atoms with Gasteiger partial charge in [-0.2, -0.15) is 4.31 Å². The Balaban J connectivity index is 2.16. The van der Waals surface area contributed by atoms with E-state index in [1.54, 1.807) is 36.4 Å². The molecule has 1 amide bonds. The highest BCUT2D eigenvalue weighted by Gasteiger charge is 2.36. The number of carboxylic acid groups (broad SMARTS) is 1. The molecule has 1 N–H and O–H groups in total. The van der Waals surface area contributed by atoms with Crippen LogP contribution in [0.25, 0.3) is 0 Å². The smallest absolute Gasteiger partial charge is 0.332 e. The Bertz CT molecular complexity index is 966. The predicted molar refractivity (Wildman–Crippen MR) is 96.1 cm³/mol. The average Bonchev–Trinajstić information content (AvgIpc) is 3.13. The first-order valence-corrected chi connectivity index (χ1v) is 9.52. The number of carboxylic acids is 1. The van der Waals surface area contributed by atoms with Crippen LogP contribution in [0.1, 0.15) is 19.3 Å². The predicted octanol–water partition coefficient (Wildman–Crippen LogP) is 2.97. The largest absolute Gasteiger partial charge is 0.478 e. The molecule has 0 aliphatic heterocycles. The van der Waals surface area contributed by atoms with E-state index in [1.807, 2.05) is 0 Å². The molecule has 0 spiro atoms. The Morgan fingerprint density at radius 3 is 1.96 bits per heavy atom. The zero-order valence-electron chi connectivity index (χ0n) is 13.8. The Hall–Kier alpha value is -2.93. The minimum Gasteiger partial charge on any atom is -0.478 e. The van der Waals surface area contributed by atoms with E-state index in [0.29, 0.717) is 10.7 Å². The van der Waals surface area contributed by atoms with Crippen molar-refractivity contribution in [1.82, 2.24) is 0 Å². The highest BCUT2D eigenvalue weighted by atomic mass is 32.2. The molecule has 0 aromatic heterocycles. The van der Waals surface area contributed by atoms with Crippen LogP contribution < -0.4 is 4.31 Å². The molecular weight excluding hydrogens is 354 g/mol. The molecule has 6 nitrogen and oxygen atoms in total. The van der Waals surface area contributed by atoms with Crippen LogP contribution >= 0.6 is 0 Å². The molecular formula is C19H17NO5S. The molecule has 1 aliphatic rings. The number of aliphatic carboxylic acids is 1. The summed E-state index contributed by atoms with van der Waals surface area (Å²) in [5.74, 6) is -1.99. The Morgan fingerprint density at radius 2 is 1.38 bits per heavy atom. The van der Waals surface area contributed by atoms with Gasteiger partial charge < -0.3 is 5.11 Å². The molecule has 0 radical (unpaired) electrons. The summed E-state index contributed by atoms with van der Waals surface area (Å²) in [5.41, 5.74) is 0.200. The molecule has 2 aromatic carbocycles.